The first-order valence-electron chi connectivity index (χ1n) is 8.10. The first-order chi connectivity index (χ1) is 10.6. The lowest BCUT2D eigenvalue weighted by atomic mass is 9.99. The summed E-state index contributed by atoms with van der Waals surface area (Å²) in [5, 5.41) is 3.09. The van der Waals surface area contributed by atoms with Crippen LogP contribution in [0.5, 0.6) is 0 Å². The van der Waals surface area contributed by atoms with Crippen LogP contribution in [0.15, 0.2) is 5.38 Å². The fourth-order valence-electron chi connectivity index (χ4n) is 3.45. The Morgan fingerprint density at radius 2 is 2.27 bits per heavy atom. The van der Waals surface area contributed by atoms with E-state index in [0.29, 0.717) is 19.5 Å². The molecule has 2 amide bonds. The minimum absolute atomic E-state index is 0.103. The zero-order chi connectivity index (χ0) is 15.7. The van der Waals surface area contributed by atoms with Gasteiger partial charge in [-0.3, -0.25) is 9.59 Å². The van der Waals surface area contributed by atoms with Gasteiger partial charge in [0.05, 0.1) is 12.0 Å². The van der Waals surface area contributed by atoms with Crippen molar-refractivity contribution in [2.45, 2.75) is 45.6 Å². The molecule has 0 unspecified atom stereocenters. The van der Waals surface area contributed by atoms with Crippen molar-refractivity contribution in [3.8, 4) is 0 Å². The molecule has 0 spiro atoms. The molecule has 2 aliphatic heterocycles. The third kappa shape index (κ3) is 2.89. The van der Waals surface area contributed by atoms with Gasteiger partial charge >= 0.3 is 0 Å². The van der Waals surface area contributed by atoms with Gasteiger partial charge in [-0.25, -0.2) is 4.98 Å². The maximum Gasteiger partial charge on any atom is 0.228 e. The number of hydrogen-bond acceptors (Lipinski definition) is 4. The molecule has 120 valence electrons. The summed E-state index contributed by atoms with van der Waals surface area (Å²) in [6.45, 7) is 6.02. The molecule has 2 aliphatic rings. The molecule has 0 aliphatic carbocycles. The second-order valence-electron chi connectivity index (χ2n) is 6.20. The normalized spacial score (nSPS) is 25.8. The Balaban J connectivity index is 1.76. The molecule has 1 aromatic heterocycles. The van der Waals surface area contributed by atoms with Crippen LogP contribution < -0.4 is 0 Å². The zero-order valence-corrected chi connectivity index (χ0v) is 14.1. The number of carbonyl (C=O) groups is 2. The smallest absolute Gasteiger partial charge is 0.228 e. The van der Waals surface area contributed by atoms with Crippen LogP contribution >= 0.6 is 11.3 Å². The Labute approximate surface area is 135 Å². The zero-order valence-electron chi connectivity index (χ0n) is 13.2. The maximum absolute atomic E-state index is 12.9. The van der Waals surface area contributed by atoms with Crippen molar-refractivity contribution in [3.63, 3.8) is 0 Å². The van der Waals surface area contributed by atoms with Gasteiger partial charge in [-0.15, -0.1) is 11.3 Å². The van der Waals surface area contributed by atoms with E-state index in [-0.39, 0.29) is 23.8 Å². The second kappa shape index (κ2) is 6.36. The Morgan fingerprint density at radius 3 is 2.91 bits per heavy atom. The Morgan fingerprint density at radius 1 is 1.45 bits per heavy atom. The highest BCUT2D eigenvalue weighted by atomic mass is 32.1. The Hall–Kier alpha value is -1.43. The monoisotopic (exact) mass is 321 g/mol. The fraction of sp³-hybridized carbons (Fsp3) is 0.688. The Kier molecular flexibility index (Phi) is 4.47. The quantitative estimate of drug-likeness (QED) is 0.859. The molecule has 3 heterocycles. The van der Waals surface area contributed by atoms with Crippen LogP contribution in [0.4, 0.5) is 0 Å². The molecule has 0 aromatic carbocycles. The van der Waals surface area contributed by atoms with Gasteiger partial charge in [-0.05, 0) is 33.1 Å². The molecule has 5 nitrogen and oxygen atoms in total. The predicted molar refractivity (Wildman–Crippen MR) is 85.5 cm³/mol. The van der Waals surface area contributed by atoms with Gasteiger partial charge in [-0.1, -0.05) is 0 Å². The molecule has 3 rings (SSSR count). The first kappa shape index (κ1) is 15.5. The summed E-state index contributed by atoms with van der Waals surface area (Å²) in [5.74, 6) is 0.0791. The Bertz CT molecular complexity index is 571. The minimum atomic E-state index is -0.172. The van der Waals surface area contributed by atoms with E-state index in [2.05, 4.69) is 4.98 Å². The second-order valence-corrected chi connectivity index (χ2v) is 7.09. The molecule has 0 radical (unpaired) electrons. The molecular weight excluding hydrogens is 298 g/mol. The van der Waals surface area contributed by atoms with Crippen LogP contribution in [0.3, 0.4) is 0 Å². The number of nitrogens with zero attached hydrogens (tertiary/aromatic N) is 3. The molecule has 22 heavy (non-hydrogen) atoms. The molecule has 2 fully saturated rings. The summed E-state index contributed by atoms with van der Waals surface area (Å²) in [5.41, 5.74) is 1.02. The summed E-state index contributed by atoms with van der Waals surface area (Å²) in [6.07, 6.45) is 3.53. The topological polar surface area (TPSA) is 53.5 Å². The average Bonchev–Trinajstić information content (AvgIpc) is 3.12. The van der Waals surface area contributed by atoms with Gasteiger partial charge < -0.3 is 9.80 Å². The van der Waals surface area contributed by atoms with Crippen LogP contribution in [0.25, 0.3) is 0 Å². The van der Waals surface area contributed by atoms with Crippen LogP contribution in [-0.4, -0.2) is 46.2 Å². The van der Waals surface area contributed by atoms with E-state index in [1.54, 1.807) is 16.2 Å². The average molecular weight is 321 g/mol. The van der Waals surface area contributed by atoms with Crippen LogP contribution in [0.2, 0.25) is 0 Å². The lowest BCUT2D eigenvalue weighted by molar-refractivity contribution is -0.139. The SMILES string of the molecule is CCN1C[C@@H](C(=O)N2CCCC[C@H]2c2nc(C)cs2)CC1=O. The number of aryl methyl sites for hydroxylation is 1. The molecule has 2 saturated heterocycles. The highest BCUT2D eigenvalue weighted by molar-refractivity contribution is 7.09. The third-order valence-corrected chi connectivity index (χ3v) is 5.72. The van der Waals surface area contributed by atoms with E-state index in [0.717, 1.165) is 36.5 Å². The van der Waals surface area contributed by atoms with Crippen molar-refractivity contribution >= 4 is 23.2 Å². The van der Waals surface area contributed by atoms with Gasteiger partial charge in [0.2, 0.25) is 11.8 Å². The lowest BCUT2D eigenvalue weighted by Gasteiger charge is -2.36. The summed E-state index contributed by atoms with van der Waals surface area (Å²) in [4.78, 5) is 33.2. The molecule has 1 aromatic rings. The molecular formula is C16H23N3O2S. The van der Waals surface area contributed by atoms with Crippen molar-refractivity contribution in [2.24, 2.45) is 5.92 Å². The fourth-order valence-corrected chi connectivity index (χ4v) is 4.40. The number of rotatable bonds is 3. The number of carbonyl (C=O) groups excluding carboxylic acids is 2. The number of piperidine rings is 1. The van der Waals surface area contributed by atoms with E-state index in [1.165, 1.54) is 0 Å². The number of hydrogen-bond donors (Lipinski definition) is 0. The maximum atomic E-state index is 12.9. The standard InChI is InChI=1S/C16H23N3O2S/c1-3-18-9-12(8-14(18)20)16(21)19-7-5-4-6-13(19)15-17-11(2)10-22-15/h10,12-13H,3-9H2,1-2H3/t12-,13-/m0/s1. The van der Waals surface area contributed by atoms with Crippen LogP contribution in [-0.2, 0) is 9.59 Å². The summed E-state index contributed by atoms with van der Waals surface area (Å²) in [6, 6.07) is 0.103. The van der Waals surface area contributed by atoms with Crippen LogP contribution in [0.1, 0.15) is 49.4 Å². The molecule has 0 bridgehead atoms. The van der Waals surface area contributed by atoms with Gasteiger partial charge in [0.25, 0.3) is 0 Å². The van der Waals surface area contributed by atoms with Gasteiger partial charge in [0.1, 0.15) is 5.01 Å². The van der Waals surface area contributed by atoms with E-state index < -0.39 is 0 Å². The highest BCUT2D eigenvalue weighted by Gasteiger charge is 2.39. The summed E-state index contributed by atoms with van der Waals surface area (Å²) in [7, 11) is 0. The minimum Gasteiger partial charge on any atom is -0.342 e. The largest absolute Gasteiger partial charge is 0.342 e. The summed E-state index contributed by atoms with van der Waals surface area (Å²) < 4.78 is 0. The van der Waals surface area contributed by atoms with E-state index in [4.69, 9.17) is 0 Å². The van der Waals surface area contributed by atoms with Crippen molar-refractivity contribution in [3.05, 3.63) is 16.1 Å². The lowest BCUT2D eigenvalue weighted by Crippen LogP contribution is -2.42. The first-order valence-corrected chi connectivity index (χ1v) is 8.98. The number of likely N-dealkylation sites (tertiary alicyclic amines) is 2. The van der Waals surface area contributed by atoms with E-state index in [9.17, 15) is 9.59 Å². The van der Waals surface area contributed by atoms with Crippen molar-refractivity contribution in [1.29, 1.82) is 0 Å². The number of amides is 2. The van der Waals surface area contributed by atoms with Crippen LogP contribution in [0, 0.1) is 12.8 Å². The van der Waals surface area contributed by atoms with Gasteiger partial charge in [0, 0.05) is 37.1 Å². The van der Waals surface area contributed by atoms with E-state index >= 15 is 0 Å². The molecule has 0 N–H and O–H groups in total. The van der Waals surface area contributed by atoms with Crippen molar-refractivity contribution in [1.82, 2.24) is 14.8 Å². The van der Waals surface area contributed by atoms with Crippen molar-refractivity contribution < 1.29 is 9.59 Å². The third-order valence-electron chi connectivity index (χ3n) is 4.65. The van der Waals surface area contributed by atoms with Gasteiger partial charge in [-0.2, -0.15) is 0 Å². The van der Waals surface area contributed by atoms with Crippen molar-refractivity contribution in [2.75, 3.05) is 19.6 Å². The molecule has 2 atom stereocenters. The number of thiazole rings is 1. The molecule has 0 saturated carbocycles. The predicted octanol–water partition coefficient (Wildman–Crippen LogP) is 2.37. The number of aromatic nitrogens is 1. The summed E-state index contributed by atoms with van der Waals surface area (Å²) >= 11 is 1.64. The highest BCUT2D eigenvalue weighted by Crippen LogP contribution is 2.35. The molecule has 6 heteroatoms. The van der Waals surface area contributed by atoms with E-state index in [1.807, 2.05) is 24.1 Å². The van der Waals surface area contributed by atoms with Gasteiger partial charge in [0.15, 0.2) is 0 Å².